The first kappa shape index (κ1) is 14.0. The second-order valence-electron chi connectivity index (χ2n) is 3.01. The summed E-state index contributed by atoms with van der Waals surface area (Å²) in [6.45, 7) is 2.18. The van der Waals surface area contributed by atoms with Crippen molar-refractivity contribution in [2.75, 3.05) is 12.4 Å². The van der Waals surface area contributed by atoms with E-state index in [9.17, 15) is 8.42 Å². The van der Waals surface area contributed by atoms with Crippen LogP contribution in [0.1, 0.15) is 12.5 Å². The Kier molecular flexibility index (Phi) is 5.46. The third-order valence-electron chi connectivity index (χ3n) is 1.76. The SMILES string of the molecule is CCON=C(CSS(=O)(=O)O)c1ccccc1. The summed E-state index contributed by atoms with van der Waals surface area (Å²) in [5.74, 6) is 0.0306. The van der Waals surface area contributed by atoms with Crippen LogP contribution >= 0.6 is 10.8 Å². The summed E-state index contributed by atoms with van der Waals surface area (Å²) in [5.41, 5.74) is 1.23. The Labute approximate surface area is 104 Å². The van der Waals surface area contributed by atoms with Crippen LogP contribution < -0.4 is 0 Å². The zero-order valence-electron chi connectivity index (χ0n) is 9.24. The smallest absolute Gasteiger partial charge is 0.320 e. The number of hydrogen-bond acceptors (Lipinski definition) is 5. The summed E-state index contributed by atoms with van der Waals surface area (Å²) in [4.78, 5) is 4.91. The van der Waals surface area contributed by atoms with Gasteiger partial charge in [0.2, 0.25) is 0 Å². The van der Waals surface area contributed by atoms with Gasteiger partial charge < -0.3 is 4.84 Å². The fraction of sp³-hybridized carbons (Fsp3) is 0.300. The first-order valence-electron chi connectivity index (χ1n) is 4.89. The van der Waals surface area contributed by atoms with E-state index in [1.165, 1.54) is 0 Å². The second kappa shape index (κ2) is 6.63. The van der Waals surface area contributed by atoms with Gasteiger partial charge in [-0.2, -0.15) is 8.42 Å². The number of nitrogens with zero attached hydrogens (tertiary/aromatic N) is 1. The number of hydrogen-bond donors (Lipinski definition) is 1. The molecular weight excluding hydrogens is 262 g/mol. The standard InChI is InChI=1S/C10H13NO4S2/c1-2-15-11-10(8-16-17(12,13)14)9-6-4-3-5-7-9/h3-7H,2,8H2,1H3,(H,12,13,14). The Bertz CT molecular complexity index is 470. The molecule has 0 aliphatic carbocycles. The molecule has 1 aromatic rings. The monoisotopic (exact) mass is 275 g/mol. The summed E-state index contributed by atoms with van der Waals surface area (Å²) in [6.07, 6.45) is 0. The van der Waals surface area contributed by atoms with E-state index in [-0.39, 0.29) is 5.75 Å². The topological polar surface area (TPSA) is 76.0 Å². The minimum atomic E-state index is -4.07. The number of benzene rings is 1. The summed E-state index contributed by atoms with van der Waals surface area (Å²) >= 11 is 0. The van der Waals surface area contributed by atoms with E-state index in [1.807, 2.05) is 18.2 Å². The van der Waals surface area contributed by atoms with Crippen molar-refractivity contribution in [3.8, 4) is 0 Å². The molecule has 1 rings (SSSR count). The molecule has 0 spiro atoms. The lowest BCUT2D eigenvalue weighted by Gasteiger charge is -2.04. The molecule has 0 aromatic heterocycles. The highest BCUT2D eigenvalue weighted by Gasteiger charge is 2.11. The van der Waals surface area contributed by atoms with Gasteiger partial charge >= 0.3 is 9.15 Å². The zero-order valence-corrected chi connectivity index (χ0v) is 10.9. The summed E-state index contributed by atoms with van der Waals surface area (Å²) in [7, 11) is -3.67. The molecule has 1 aromatic carbocycles. The highest BCUT2D eigenvalue weighted by atomic mass is 33.1. The van der Waals surface area contributed by atoms with Gasteiger partial charge in [-0.25, -0.2) is 0 Å². The van der Waals surface area contributed by atoms with Gasteiger partial charge in [0.25, 0.3) is 0 Å². The summed E-state index contributed by atoms with van der Waals surface area (Å²) in [6, 6.07) is 9.06. The molecule has 0 heterocycles. The normalized spacial score (nSPS) is 12.5. The van der Waals surface area contributed by atoms with Crippen molar-refractivity contribution in [3.05, 3.63) is 35.9 Å². The van der Waals surface area contributed by atoms with Crippen LogP contribution in [0.25, 0.3) is 0 Å². The quantitative estimate of drug-likeness (QED) is 0.372. The summed E-state index contributed by atoms with van der Waals surface area (Å²) in [5, 5.41) is 3.84. The van der Waals surface area contributed by atoms with Crippen molar-refractivity contribution in [2.45, 2.75) is 6.92 Å². The number of oxime groups is 1. The van der Waals surface area contributed by atoms with E-state index in [0.29, 0.717) is 23.1 Å². The lowest BCUT2D eigenvalue weighted by Crippen LogP contribution is -2.07. The molecule has 0 amide bonds. The van der Waals surface area contributed by atoms with Crippen molar-refractivity contribution >= 4 is 25.7 Å². The highest BCUT2D eigenvalue weighted by Crippen LogP contribution is 2.13. The van der Waals surface area contributed by atoms with E-state index in [1.54, 1.807) is 19.1 Å². The van der Waals surface area contributed by atoms with Crippen LogP contribution in [0, 0.1) is 0 Å². The van der Waals surface area contributed by atoms with Crippen LogP contribution in [-0.2, 0) is 14.0 Å². The average Bonchev–Trinajstić information content (AvgIpc) is 2.29. The van der Waals surface area contributed by atoms with Crippen molar-refractivity contribution in [1.29, 1.82) is 0 Å². The third kappa shape index (κ3) is 5.71. The van der Waals surface area contributed by atoms with Crippen molar-refractivity contribution in [3.63, 3.8) is 0 Å². The molecule has 94 valence electrons. The molecule has 0 bridgehead atoms. The van der Waals surface area contributed by atoms with E-state index >= 15 is 0 Å². The Morgan fingerprint density at radius 3 is 2.59 bits per heavy atom. The van der Waals surface area contributed by atoms with Crippen LogP contribution in [-0.4, -0.2) is 31.0 Å². The predicted molar refractivity (Wildman–Crippen MR) is 68.6 cm³/mol. The molecule has 0 aliphatic rings. The molecular formula is C10H13NO4S2. The van der Waals surface area contributed by atoms with Crippen LogP contribution in [0.4, 0.5) is 0 Å². The van der Waals surface area contributed by atoms with E-state index in [4.69, 9.17) is 9.39 Å². The molecule has 0 aliphatic heterocycles. The minimum absolute atomic E-state index is 0.0306. The maximum absolute atomic E-state index is 10.7. The van der Waals surface area contributed by atoms with Gasteiger partial charge in [-0.3, -0.25) is 4.55 Å². The first-order chi connectivity index (χ1) is 8.03. The van der Waals surface area contributed by atoms with Gasteiger partial charge in [-0.15, -0.1) is 0 Å². The van der Waals surface area contributed by atoms with Crippen LogP contribution in [0.3, 0.4) is 0 Å². The van der Waals surface area contributed by atoms with Crippen LogP contribution in [0.2, 0.25) is 0 Å². The van der Waals surface area contributed by atoms with Gasteiger partial charge in [0.1, 0.15) is 6.61 Å². The molecule has 0 saturated heterocycles. The molecule has 0 atom stereocenters. The first-order valence-corrected chi connectivity index (χ1v) is 7.83. The van der Waals surface area contributed by atoms with Crippen LogP contribution in [0.5, 0.6) is 0 Å². The van der Waals surface area contributed by atoms with Gasteiger partial charge in [-0.1, -0.05) is 35.5 Å². The largest absolute Gasteiger partial charge is 0.396 e. The van der Waals surface area contributed by atoms with Crippen molar-refractivity contribution in [1.82, 2.24) is 0 Å². The molecule has 7 heteroatoms. The fourth-order valence-electron chi connectivity index (χ4n) is 1.07. The molecule has 0 saturated carbocycles. The molecule has 5 nitrogen and oxygen atoms in total. The van der Waals surface area contributed by atoms with E-state index in [0.717, 1.165) is 5.56 Å². The zero-order chi connectivity index (χ0) is 12.7. The Balaban J connectivity index is 2.82. The highest BCUT2D eigenvalue weighted by molar-refractivity contribution is 8.70. The number of rotatable bonds is 6. The Hall–Kier alpha value is -1.05. The molecule has 17 heavy (non-hydrogen) atoms. The second-order valence-corrected chi connectivity index (χ2v) is 6.36. The van der Waals surface area contributed by atoms with E-state index in [2.05, 4.69) is 5.16 Å². The predicted octanol–water partition coefficient (Wildman–Crippen LogP) is 1.96. The minimum Gasteiger partial charge on any atom is -0.396 e. The molecule has 0 fully saturated rings. The van der Waals surface area contributed by atoms with E-state index < -0.39 is 9.15 Å². The average molecular weight is 275 g/mol. The third-order valence-corrected chi connectivity index (χ3v) is 3.69. The van der Waals surface area contributed by atoms with Gasteiger partial charge in [0, 0.05) is 16.4 Å². The fourth-order valence-corrected chi connectivity index (χ4v) is 2.33. The maximum atomic E-state index is 10.7. The van der Waals surface area contributed by atoms with Gasteiger partial charge in [0.15, 0.2) is 0 Å². The van der Waals surface area contributed by atoms with Gasteiger partial charge in [0.05, 0.1) is 11.5 Å². The van der Waals surface area contributed by atoms with Crippen molar-refractivity contribution < 1.29 is 17.8 Å². The van der Waals surface area contributed by atoms with Crippen LogP contribution in [0.15, 0.2) is 35.5 Å². The lowest BCUT2D eigenvalue weighted by molar-refractivity contribution is 0.159. The molecule has 0 unspecified atom stereocenters. The Morgan fingerprint density at radius 2 is 2.06 bits per heavy atom. The lowest BCUT2D eigenvalue weighted by atomic mass is 10.1. The van der Waals surface area contributed by atoms with Crippen molar-refractivity contribution in [2.24, 2.45) is 5.16 Å². The van der Waals surface area contributed by atoms with Gasteiger partial charge in [-0.05, 0) is 6.92 Å². The molecule has 0 radical (unpaired) electrons. The maximum Gasteiger partial charge on any atom is 0.320 e. The summed E-state index contributed by atoms with van der Waals surface area (Å²) < 4.78 is 30.0. The Morgan fingerprint density at radius 1 is 1.41 bits per heavy atom. The molecule has 1 N–H and O–H groups in total.